The van der Waals surface area contributed by atoms with Crippen LogP contribution in [0.3, 0.4) is 0 Å². The number of hydrogen-bond acceptors (Lipinski definition) is 3. The summed E-state index contributed by atoms with van der Waals surface area (Å²) in [6.07, 6.45) is -7.59. The van der Waals surface area contributed by atoms with Crippen molar-refractivity contribution in [2.75, 3.05) is 13.7 Å². The molecule has 0 amide bonds. The van der Waals surface area contributed by atoms with Gasteiger partial charge in [-0.1, -0.05) is 0 Å². The van der Waals surface area contributed by atoms with Crippen LogP contribution in [0.25, 0.3) is 0 Å². The number of halogens is 9. The zero-order valence-corrected chi connectivity index (χ0v) is 17.6. The monoisotopic (exact) mass is 502 g/mol. The molecule has 0 N–H and O–H groups in total. The fourth-order valence-corrected chi connectivity index (χ4v) is 4.01. The molecule has 0 atom stereocenters. The molecule has 0 bridgehead atoms. The highest BCUT2D eigenvalue weighted by molar-refractivity contribution is 5.37. The van der Waals surface area contributed by atoms with Gasteiger partial charge < -0.3 is 14.2 Å². The second-order valence-electron chi connectivity index (χ2n) is 7.92. The molecule has 2 aromatic carbocycles. The van der Waals surface area contributed by atoms with E-state index in [9.17, 15) is 39.5 Å². The summed E-state index contributed by atoms with van der Waals surface area (Å²) in [5.74, 6) is -10.5. The van der Waals surface area contributed by atoms with Crippen LogP contribution in [-0.2, 0) is 10.8 Å². The largest absolute Gasteiger partial charge is 0.573 e. The summed E-state index contributed by atoms with van der Waals surface area (Å²) in [5, 5.41) is 0. The molecule has 1 aliphatic carbocycles. The molecule has 2 aromatic rings. The smallest absolute Gasteiger partial charge is 0.429 e. The Bertz CT molecular complexity index is 969. The standard InChI is InChI=1S/C22H19F9O3/c1-32-10-11-2-4-12(5-3-11)13-6-15(23)19(16(24)7-13)21(27,28)33-14-8-17(25)20(18(26)9-14)34-22(29,30)31/h6-9,11-12H,2-5,10H2,1H3. The molecule has 0 unspecified atom stereocenters. The zero-order valence-electron chi connectivity index (χ0n) is 17.6. The van der Waals surface area contributed by atoms with Crippen LogP contribution in [0.2, 0.25) is 0 Å². The number of rotatable bonds is 7. The highest BCUT2D eigenvalue weighted by atomic mass is 19.4. The van der Waals surface area contributed by atoms with Crippen molar-refractivity contribution >= 4 is 0 Å². The van der Waals surface area contributed by atoms with Gasteiger partial charge >= 0.3 is 12.5 Å². The molecule has 34 heavy (non-hydrogen) atoms. The maximum Gasteiger partial charge on any atom is 0.573 e. The Morgan fingerprint density at radius 1 is 0.765 bits per heavy atom. The minimum Gasteiger partial charge on any atom is -0.429 e. The van der Waals surface area contributed by atoms with Crippen molar-refractivity contribution in [3.05, 3.63) is 58.7 Å². The average molecular weight is 502 g/mol. The predicted octanol–water partition coefficient (Wildman–Crippen LogP) is 7.19. The number of ether oxygens (including phenoxy) is 3. The summed E-state index contributed by atoms with van der Waals surface area (Å²) in [6.45, 7) is 0.544. The number of hydrogen-bond donors (Lipinski definition) is 0. The van der Waals surface area contributed by atoms with Crippen molar-refractivity contribution in [3.8, 4) is 11.5 Å². The van der Waals surface area contributed by atoms with Gasteiger partial charge in [-0.3, -0.25) is 0 Å². The molecule has 3 nitrogen and oxygen atoms in total. The molecule has 1 fully saturated rings. The minimum absolute atomic E-state index is 0.0271. The third-order valence-electron chi connectivity index (χ3n) is 5.51. The summed E-state index contributed by atoms with van der Waals surface area (Å²) in [6, 6.07) is 1.44. The fourth-order valence-electron chi connectivity index (χ4n) is 4.01. The summed E-state index contributed by atoms with van der Waals surface area (Å²) >= 11 is 0. The van der Waals surface area contributed by atoms with Gasteiger partial charge in [0, 0.05) is 25.8 Å². The van der Waals surface area contributed by atoms with Crippen LogP contribution in [0.4, 0.5) is 39.5 Å². The van der Waals surface area contributed by atoms with Crippen LogP contribution in [0.5, 0.6) is 11.5 Å². The second-order valence-corrected chi connectivity index (χ2v) is 7.92. The Kier molecular flexibility index (Phi) is 7.59. The quantitative estimate of drug-likeness (QED) is 0.375. The molecule has 0 spiro atoms. The van der Waals surface area contributed by atoms with E-state index >= 15 is 0 Å². The molecular weight excluding hydrogens is 483 g/mol. The van der Waals surface area contributed by atoms with Crippen LogP contribution < -0.4 is 9.47 Å². The SMILES string of the molecule is COCC1CCC(c2cc(F)c(C(F)(F)Oc3cc(F)c(OC(F)(F)F)c(F)c3)c(F)c2)CC1. The molecule has 0 aliphatic heterocycles. The molecule has 0 heterocycles. The zero-order chi connectivity index (χ0) is 25.3. The summed E-state index contributed by atoms with van der Waals surface area (Å²) < 4.78 is 135. The molecule has 188 valence electrons. The lowest BCUT2D eigenvalue weighted by atomic mass is 9.79. The highest BCUT2D eigenvalue weighted by Crippen LogP contribution is 2.41. The van der Waals surface area contributed by atoms with Gasteiger partial charge in [0.1, 0.15) is 22.9 Å². The first-order valence-corrected chi connectivity index (χ1v) is 10.1. The van der Waals surface area contributed by atoms with Gasteiger partial charge in [-0.2, -0.15) is 8.78 Å². The van der Waals surface area contributed by atoms with Crippen LogP contribution in [0.15, 0.2) is 24.3 Å². The van der Waals surface area contributed by atoms with Gasteiger partial charge in [0.05, 0.1) is 0 Å². The first kappa shape index (κ1) is 26.0. The van der Waals surface area contributed by atoms with Crippen molar-refractivity contribution in [2.45, 2.75) is 44.1 Å². The molecule has 3 rings (SSSR count). The maximum absolute atomic E-state index is 14.6. The van der Waals surface area contributed by atoms with Crippen molar-refractivity contribution in [1.29, 1.82) is 0 Å². The van der Waals surface area contributed by atoms with Crippen LogP contribution >= 0.6 is 0 Å². The lowest BCUT2D eigenvalue weighted by Gasteiger charge is -2.29. The molecule has 0 radical (unpaired) electrons. The van der Waals surface area contributed by atoms with E-state index in [1.165, 1.54) is 0 Å². The molecule has 1 saturated carbocycles. The Morgan fingerprint density at radius 2 is 1.29 bits per heavy atom. The Morgan fingerprint density at radius 3 is 1.76 bits per heavy atom. The van der Waals surface area contributed by atoms with Gasteiger partial charge in [0.15, 0.2) is 11.6 Å². The Labute approximate surface area is 188 Å². The van der Waals surface area contributed by atoms with Crippen molar-refractivity contribution in [3.63, 3.8) is 0 Å². The van der Waals surface area contributed by atoms with Crippen molar-refractivity contribution in [2.24, 2.45) is 5.92 Å². The van der Waals surface area contributed by atoms with E-state index in [0.29, 0.717) is 25.4 Å². The van der Waals surface area contributed by atoms with Crippen LogP contribution in [-0.4, -0.2) is 20.1 Å². The summed E-state index contributed by atoms with van der Waals surface area (Å²) in [5.41, 5.74) is -1.63. The van der Waals surface area contributed by atoms with Gasteiger partial charge in [-0.25, -0.2) is 17.6 Å². The molecule has 0 aromatic heterocycles. The van der Waals surface area contributed by atoms with Crippen LogP contribution in [0, 0.1) is 29.2 Å². The number of benzene rings is 2. The van der Waals surface area contributed by atoms with E-state index in [2.05, 4.69) is 9.47 Å². The number of alkyl halides is 5. The maximum atomic E-state index is 14.6. The third-order valence-corrected chi connectivity index (χ3v) is 5.51. The molecule has 12 heteroatoms. The fraction of sp³-hybridized carbons (Fsp3) is 0.455. The lowest BCUT2D eigenvalue weighted by Crippen LogP contribution is -2.26. The lowest BCUT2D eigenvalue weighted by molar-refractivity contribution is -0.276. The molecule has 0 saturated heterocycles. The molecular formula is C22H19F9O3. The Balaban J connectivity index is 1.81. The van der Waals surface area contributed by atoms with E-state index in [1.807, 2.05) is 0 Å². The van der Waals surface area contributed by atoms with E-state index in [0.717, 1.165) is 25.0 Å². The first-order valence-electron chi connectivity index (χ1n) is 10.1. The predicted molar refractivity (Wildman–Crippen MR) is 100 cm³/mol. The molecule has 1 aliphatic rings. The third kappa shape index (κ3) is 6.08. The van der Waals surface area contributed by atoms with Gasteiger partial charge in [-0.15, -0.1) is 13.2 Å². The highest BCUT2D eigenvalue weighted by Gasteiger charge is 2.42. The summed E-state index contributed by atoms with van der Waals surface area (Å²) in [4.78, 5) is 0. The van der Waals surface area contributed by atoms with Crippen molar-refractivity contribution in [1.82, 2.24) is 0 Å². The topological polar surface area (TPSA) is 27.7 Å². The number of methoxy groups -OCH3 is 1. The summed E-state index contributed by atoms with van der Waals surface area (Å²) in [7, 11) is 1.56. The Hall–Kier alpha value is -2.63. The van der Waals surface area contributed by atoms with Gasteiger partial charge in [0.25, 0.3) is 0 Å². The normalized spacial score (nSPS) is 19.2. The average Bonchev–Trinajstić information content (AvgIpc) is 2.70. The first-order chi connectivity index (χ1) is 15.8. The van der Waals surface area contributed by atoms with E-state index in [1.54, 1.807) is 7.11 Å². The van der Waals surface area contributed by atoms with E-state index in [4.69, 9.17) is 4.74 Å². The second kappa shape index (κ2) is 9.93. The van der Waals surface area contributed by atoms with E-state index < -0.39 is 52.8 Å². The van der Waals surface area contributed by atoms with Crippen molar-refractivity contribution < 1.29 is 53.7 Å². The van der Waals surface area contributed by atoms with Gasteiger partial charge in [-0.05, 0) is 55.2 Å². The van der Waals surface area contributed by atoms with E-state index in [-0.39, 0.29) is 23.6 Å². The minimum atomic E-state index is -5.45. The van der Waals surface area contributed by atoms with Crippen LogP contribution in [0.1, 0.15) is 42.7 Å². The van der Waals surface area contributed by atoms with Gasteiger partial charge in [0.2, 0.25) is 5.75 Å².